The number of hydrogen-bond acceptors (Lipinski definition) is 4. The highest BCUT2D eigenvalue weighted by Crippen LogP contribution is 2.26. The molecule has 0 bridgehead atoms. The fourth-order valence-corrected chi connectivity index (χ4v) is 2.97. The van der Waals surface area contributed by atoms with Crippen molar-refractivity contribution < 1.29 is 18.3 Å². The summed E-state index contributed by atoms with van der Waals surface area (Å²) in [5.74, 6) is -0.161. The molecule has 1 aromatic carbocycles. The van der Waals surface area contributed by atoms with E-state index in [4.69, 9.17) is 4.74 Å². The molecule has 1 aromatic heterocycles. The first-order valence-electron chi connectivity index (χ1n) is 7.89. The highest BCUT2D eigenvalue weighted by atomic mass is 35.5. The minimum Gasteiger partial charge on any atom is -0.375 e. The van der Waals surface area contributed by atoms with Crippen molar-refractivity contribution in [3.63, 3.8) is 0 Å². The lowest BCUT2D eigenvalue weighted by atomic mass is 10.1. The van der Waals surface area contributed by atoms with Gasteiger partial charge in [0.1, 0.15) is 11.9 Å². The van der Waals surface area contributed by atoms with Crippen LogP contribution in [0.4, 0.5) is 8.78 Å². The molecule has 2 N–H and O–H groups in total. The maximum atomic E-state index is 13.5. The molecule has 2 heterocycles. The van der Waals surface area contributed by atoms with E-state index in [0.717, 1.165) is 4.57 Å². The number of hydrogen-bond donors (Lipinski definition) is 2. The maximum absolute atomic E-state index is 13.5. The van der Waals surface area contributed by atoms with Crippen molar-refractivity contribution in [1.29, 1.82) is 0 Å². The molecule has 1 saturated heterocycles. The largest absolute Gasteiger partial charge is 0.375 e. The number of carbonyl (C=O) groups excluding carboxylic acids is 1. The van der Waals surface area contributed by atoms with Crippen molar-refractivity contribution in [3.05, 3.63) is 30.1 Å². The van der Waals surface area contributed by atoms with Gasteiger partial charge in [-0.3, -0.25) is 9.36 Å². The van der Waals surface area contributed by atoms with Crippen LogP contribution in [0.3, 0.4) is 0 Å². The summed E-state index contributed by atoms with van der Waals surface area (Å²) in [7, 11) is 0. The van der Waals surface area contributed by atoms with E-state index in [1.165, 1.54) is 0 Å². The Balaban J connectivity index is 0.00000169. The minimum absolute atomic E-state index is 0. The van der Waals surface area contributed by atoms with Gasteiger partial charge in [-0.1, -0.05) is 12.1 Å². The van der Waals surface area contributed by atoms with Gasteiger partial charge in [0.05, 0.1) is 29.8 Å². The van der Waals surface area contributed by atoms with Gasteiger partial charge < -0.3 is 15.4 Å². The zero-order valence-corrected chi connectivity index (χ0v) is 15.9. The Kier molecular flexibility index (Phi) is 8.20. The molecule has 0 aliphatic carbocycles. The quantitative estimate of drug-likeness (QED) is 0.812. The summed E-state index contributed by atoms with van der Waals surface area (Å²) in [6.45, 7) is 1.83. The fourth-order valence-electron chi connectivity index (χ4n) is 2.97. The number of halogens is 4. The van der Waals surface area contributed by atoms with Crippen molar-refractivity contribution in [1.82, 2.24) is 20.2 Å². The van der Waals surface area contributed by atoms with Gasteiger partial charge in [0.15, 0.2) is 0 Å². The summed E-state index contributed by atoms with van der Waals surface area (Å²) in [4.78, 5) is 16.7. The summed E-state index contributed by atoms with van der Waals surface area (Å²) in [5, 5.41) is 5.83. The van der Waals surface area contributed by atoms with Crippen LogP contribution in [-0.2, 0) is 9.53 Å². The van der Waals surface area contributed by atoms with Crippen LogP contribution in [0.5, 0.6) is 0 Å². The lowest BCUT2D eigenvalue weighted by molar-refractivity contribution is -0.129. The highest BCUT2D eigenvalue weighted by Gasteiger charge is 2.30. The highest BCUT2D eigenvalue weighted by molar-refractivity contribution is 5.85. The molecule has 3 atom stereocenters. The number of imidazole rings is 1. The second kappa shape index (κ2) is 9.45. The number of fused-ring (bicyclic) bond motifs is 1. The second-order valence-corrected chi connectivity index (χ2v) is 5.84. The van der Waals surface area contributed by atoms with Crippen molar-refractivity contribution in [2.24, 2.45) is 0 Å². The molecular formula is C16H22Cl2F2N4O2. The molecular weight excluding hydrogens is 389 g/mol. The topological polar surface area (TPSA) is 68.2 Å². The first-order valence-corrected chi connectivity index (χ1v) is 7.89. The van der Waals surface area contributed by atoms with E-state index in [1.807, 2.05) is 0 Å². The Hall–Kier alpha value is -1.48. The van der Waals surface area contributed by atoms with Crippen molar-refractivity contribution in [2.75, 3.05) is 13.2 Å². The molecule has 0 spiro atoms. The van der Waals surface area contributed by atoms with Crippen LogP contribution in [-0.4, -0.2) is 40.8 Å². The fraction of sp³-hybridized carbons (Fsp3) is 0.500. The molecule has 10 heteroatoms. The first kappa shape index (κ1) is 22.6. The van der Waals surface area contributed by atoms with Gasteiger partial charge in [0.2, 0.25) is 5.91 Å². The molecule has 0 saturated carbocycles. The predicted molar refractivity (Wildman–Crippen MR) is 99.2 cm³/mol. The normalized spacial score (nSPS) is 21.0. The summed E-state index contributed by atoms with van der Waals surface area (Å²) in [6.07, 6.45) is -0.278. The van der Waals surface area contributed by atoms with Gasteiger partial charge in [0, 0.05) is 6.54 Å². The van der Waals surface area contributed by atoms with Gasteiger partial charge in [-0.2, -0.15) is 8.78 Å². The zero-order valence-electron chi connectivity index (χ0n) is 14.3. The van der Waals surface area contributed by atoms with E-state index < -0.39 is 18.6 Å². The molecule has 3 rings (SSSR count). The smallest absolute Gasteiger partial charge is 0.320 e. The van der Waals surface area contributed by atoms with Crippen LogP contribution < -0.4 is 10.6 Å². The standard InChI is InChI=1S/C16H20F2N4O2.2ClH/c1-9(20-15(23)13-10(2)24-8-7-19-13)14-21-11-5-3-4-6-12(11)22(14)16(17)18;;/h3-6,9-10,13,16,19H,7-8H2,1-2H3,(H,20,23);2*1H/t9?,10-,13+;;/m1../s1. The number of morpholine rings is 1. The van der Waals surface area contributed by atoms with E-state index in [1.54, 1.807) is 38.1 Å². The summed E-state index contributed by atoms with van der Waals surface area (Å²) in [5.41, 5.74) is 0.817. The third-order valence-electron chi connectivity index (χ3n) is 4.16. The van der Waals surface area contributed by atoms with Crippen molar-refractivity contribution in [3.8, 4) is 0 Å². The molecule has 6 nitrogen and oxygen atoms in total. The second-order valence-electron chi connectivity index (χ2n) is 5.84. The lowest BCUT2D eigenvalue weighted by Gasteiger charge is -2.30. The van der Waals surface area contributed by atoms with Gasteiger partial charge in [-0.15, -0.1) is 24.8 Å². The molecule has 146 valence electrons. The van der Waals surface area contributed by atoms with E-state index in [0.29, 0.717) is 24.2 Å². The number of ether oxygens (including phenoxy) is 1. The van der Waals surface area contributed by atoms with Gasteiger partial charge in [-0.05, 0) is 26.0 Å². The molecule has 1 aliphatic rings. The Morgan fingerprint density at radius 3 is 2.73 bits per heavy atom. The Bertz CT molecular complexity index is 744. The van der Waals surface area contributed by atoms with Crippen molar-refractivity contribution >= 4 is 41.8 Å². The molecule has 26 heavy (non-hydrogen) atoms. The number of para-hydroxylation sites is 2. The van der Waals surface area contributed by atoms with E-state index in [2.05, 4.69) is 15.6 Å². The predicted octanol–water partition coefficient (Wildman–Crippen LogP) is 2.83. The average molecular weight is 411 g/mol. The van der Waals surface area contributed by atoms with Crippen LogP contribution in [0.1, 0.15) is 32.3 Å². The lowest BCUT2D eigenvalue weighted by Crippen LogP contribution is -2.55. The molecule has 1 amide bonds. The number of alkyl halides is 2. The monoisotopic (exact) mass is 410 g/mol. The van der Waals surface area contributed by atoms with Gasteiger partial charge >= 0.3 is 6.55 Å². The van der Waals surface area contributed by atoms with Crippen LogP contribution in [0.2, 0.25) is 0 Å². The molecule has 0 radical (unpaired) electrons. The Morgan fingerprint density at radius 1 is 1.38 bits per heavy atom. The number of nitrogens with zero attached hydrogens (tertiary/aromatic N) is 2. The van der Waals surface area contributed by atoms with Crippen LogP contribution in [0.25, 0.3) is 11.0 Å². The number of aromatic nitrogens is 2. The molecule has 1 aliphatic heterocycles. The Labute approximate surface area is 162 Å². The zero-order chi connectivity index (χ0) is 17.3. The molecule has 1 fully saturated rings. The van der Waals surface area contributed by atoms with Gasteiger partial charge in [-0.25, -0.2) is 4.98 Å². The van der Waals surface area contributed by atoms with Crippen molar-refractivity contribution in [2.45, 2.75) is 38.6 Å². The van der Waals surface area contributed by atoms with Crippen LogP contribution in [0, 0.1) is 0 Å². The summed E-state index contributed by atoms with van der Waals surface area (Å²) >= 11 is 0. The maximum Gasteiger partial charge on any atom is 0.320 e. The van der Waals surface area contributed by atoms with Crippen LogP contribution in [0.15, 0.2) is 24.3 Å². The third kappa shape index (κ3) is 4.43. The minimum atomic E-state index is -2.73. The van der Waals surface area contributed by atoms with E-state index in [-0.39, 0.29) is 42.6 Å². The SMILES string of the molecule is CC(NC(=O)[C@H]1NCCO[C@@H]1C)c1nc2ccccc2n1C(F)F.Cl.Cl. The number of rotatable bonds is 4. The number of carbonyl (C=O) groups is 1. The number of benzene rings is 1. The Morgan fingerprint density at radius 2 is 2.08 bits per heavy atom. The van der Waals surface area contributed by atoms with E-state index in [9.17, 15) is 13.6 Å². The summed E-state index contributed by atoms with van der Waals surface area (Å²) < 4.78 is 33.3. The first-order chi connectivity index (χ1) is 11.5. The molecule has 1 unspecified atom stereocenters. The third-order valence-corrected chi connectivity index (χ3v) is 4.16. The van der Waals surface area contributed by atoms with Gasteiger partial charge in [0.25, 0.3) is 0 Å². The number of amides is 1. The summed E-state index contributed by atoms with van der Waals surface area (Å²) in [6, 6.07) is 5.51. The average Bonchev–Trinajstić information content (AvgIpc) is 2.95. The van der Waals surface area contributed by atoms with E-state index >= 15 is 0 Å². The molecule has 2 aromatic rings. The van der Waals surface area contributed by atoms with Crippen LogP contribution >= 0.6 is 24.8 Å². The number of nitrogens with one attached hydrogen (secondary N) is 2.